The zero-order valence-corrected chi connectivity index (χ0v) is 14.9. The highest BCUT2D eigenvalue weighted by molar-refractivity contribution is 7.89. The Morgan fingerprint density at radius 3 is 2.71 bits per heavy atom. The van der Waals surface area contributed by atoms with Crippen LogP contribution in [0.2, 0.25) is 0 Å². The maximum atomic E-state index is 12.3. The number of sulfonamides is 1. The summed E-state index contributed by atoms with van der Waals surface area (Å²) in [5.41, 5.74) is 0. The van der Waals surface area contributed by atoms with E-state index in [9.17, 15) is 8.42 Å². The Kier molecular flexibility index (Phi) is 7.83. The van der Waals surface area contributed by atoms with Gasteiger partial charge in [0.25, 0.3) is 0 Å². The standard InChI is InChI=1S/C14H26N2O3S2/c1-5-7-15-10-13-8-14(12(4)20-13)21(17,18)16-9-11(3)19-6-2/h8,11,15-16H,5-7,9-10H2,1-4H3. The molecule has 0 aromatic carbocycles. The van der Waals surface area contributed by atoms with Crippen molar-refractivity contribution in [2.75, 3.05) is 19.7 Å². The van der Waals surface area contributed by atoms with E-state index >= 15 is 0 Å². The van der Waals surface area contributed by atoms with Crippen LogP contribution < -0.4 is 10.0 Å². The second-order valence-electron chi connectivity index (χ2n) is 4.93. The number of aryl methyl sites for hydroxylation is 1. The van der Waals surface area contributed by atoms with Crippen LogP contribution in [0.1, 0.15) is 36.9 Å². The molecule has 0 aliphatic heterocycles. The van der Waals surface area contributed by atoms with Gasteiger partial charge in [0.1, 0.15) is 0 Å². The van der Waals surface area contributed by atoms with Crippen molar-refractivity contribution >= 4 is 21.4 Å². The van der Waals surface area contributed by atoms with Gasteiger partial charge in [0.15, 0.2) is 0 Å². The van der Waals surface area contributed by atoms with Crippen LogP contribution in [0.25, 0.3) is 0 Å². The lowest BCUT2D eigenvalue weighted by Crippen LogP contribution is -2.32. The second kappa shape index (κ2) is 8.85. The highest BCUT2D eigenvalue weighted by Crippen LogP contribution is 2.25. The second-order valence-corrected chi connectivity index (χ2v) is 8.00. The minimum Gasteiger partial charge on any atom is -0.377 e. The number of rotatable bonds is 10. The normalized spacial score (nSPS) is 13.5. The summed E-state index contributed by atoms with van der Waals surface area (Å²) in [6.07, 6.45) is 0.932. The molecule has 0 spiro atoms. The van der Waals surface area contributed by atoms with E-state index in [1.54, 1.807) is 6.07 Å². The molecule has 0 amide bonds. The third-order valence-electron chi connectivity index (χ3n) is 2.95. The fraction of sp³-hybridized carbons (Fsp3) is 0.714. The largest absolute Gasteiger partial charge is 0.377 e. The van der Waals surface area contributed by atoms with Crippen molar-refractivity contribution < 1.29 is 13.2 Å². The van der Waals surface area contributed by atoms with Gasteiger partial charge >= 0.3 is 0 Å². The van der Waals surface area contributed by atoms with Gasteiger partial charge in [-0.15, -0.1) is 11.3 Å². The molecule has 1 heterocycles. The van der Waals surface area contributed by atoms with Gasteiger partial charge < -0.3 is 10.1 Å². The van der Waals surface area contributed by atoms with Gasteiger partial charge in [0.05, 0.1) is 11.0 Å². The summed E-state index contributed by atoms with van der Waals surface area (Å²) in [5.74, 6) is 0. The van der Waals surface area contributed by atoms with Crippen molar-refractivity contribution in [3.63, 3.8) is 0 Å². The monoisotopic (exact) mass is 334 g/mol. The molecule has 0 radical (unpaired) electrons. The van der Waals surface area contributed by atoms with Crippen LogP contribution in [0, 0.1) is 6.92 Å². The first-order valence-corrected chi connectivity index (χ1v) is 9.62. The topological polar surface area (TPSA) is 67.4 Å². The van der Waals surface area contributed by atoms with E-state index in [1.165, 1.54) is 11.3 Å². The molecule has 7 heteroatoms. The Balaban J connectivity index is 2.69. The van der Waals surface area contributed by atoms with Gasteiger partial charge in [-0.1, -0.05) is 6.92 Å². The maximum absolute atomic E-state index is 12.3. The quantitative estimate of drug-likeness (QED) is 0.644. The average Bonchev–Trinajstić information content (AvgIpc) is 2.79. The summed E-state index contributed by atoms with van der Waals surface area (Å²) < 4.78 is 32.6. The molecule has 0 saturated heterocycles. The highest BCUT2D eigenvalue weighted by atomic mass is 32.2. The third kappa shape index (κ3) is 6.04. The molecule has 1 rings (SSSR count). The average molecular weight is 335 g/mol. The van der Waals surface area contributed by atoms with E-state index in [2.05, 4.69) is 17.0 Å². The lowest BCUT2D eigenvalue weighted by atomic mass is 10.4. The lowest BCUT2D eigenvalue weighted by Gasteiger charge is -2.12. The number of hydrogen-bond donors (Lipinski definition) is 2. The number of ether oxygens (including phenoxy) is 1. The molecular formula is C14H26N2O3S2. The molecule has 21 heavy (non-hydrogen) atoms. The van der Waals surface area contributed by atoms with Crippen LogP contribution in [-0.2, 0) is 21.3 Å². The molecular weight excluding hydrogens is 308 g/mol. The summed E-state index contributed by atoms with van der Waals surface area (Å²) in [6, 6.07) is 1.76. The van der Waals surface area contributed by atoms with Crippen molar-refractivity contribution in [1.82, 2.24) is 10.0 Å². The summed E-state index contributed by atoms with van der Waals surface area (Å²) in [5, 5.41) is 3.29. The van der Waals surface area contributed by atoms with Gasteiger partial charge in [-0.25, -0.2) is 13.1 Å². The Bertz CT molecular complexity index is 526. The van der Waals surface area contributed by atoms with E-state index in [1.807, 2.05) is 20.8 Å². The van der Waals surface area contributed by atoms with Gasteiger partial charge in [-0.05, 0) is 39.8 Å². The first-order chi connectivity index (χ1) is 9.90. The minimum atomic E-state index is -3.46. The Morgan fingerprint density at radius 1 is 1.38 bits per heavy atom. The predicted molar refractivity (Wildman–Crippen MR) is 87.3 cm³/mol. The van der Waals surface area contributed by atoms with Crippen LogP contribution in [0.15, 0.2) is 11.0 Å². The molecule has 0 bridgehead atoms. The summed E-state index contributed by atoms with van der Waals surface area (Å²) in [7, 11) is -3.46. The summed E-state index contributed by atoms with van der Waals surface area (Å²) in [6.45, 7) is 10.2. The number of hydrogen-bond acceptors (Lipinski definition) is 5. The van der Waals surface area contributed by atoms with E-state index in [4.69, 9.17) is 4.74 Å². The molecule has 1 unspecified atom stereocenters. The van der Waals surface area contributed by atoms with E-state index in [-0.39, 0.29) is 12.6 Å². The smallest absolute Gasteiger partial charge is 0.241 e. The molecule has 2 N–H and O–H groups in total. The van der Waals surface area contributed by atoms with Crippen LogP contribution in [0.4, 0.5) is 0 Å². The van der Waals surface area contributed by atoms with E-state index in [0.29, 0.717) is 18.0 Å². The zero-order chi connectivity index (χ0) is 15.9. The lowest BCUT2D eigenvalue weighted by molar-refractivity contribution is 0.0799. The van der Waals surface area contributed by atoms with Crippen molar-refractivity contribution in [2.24, 2.45) is 0 Å². The van der Waals surface area contributed by atoms with Crippen LogP contribution in [-0.4, -0.2) is 34.2 Å². The van der Waals surface area contributed by atoms with E-state index in [0.717, 1.165) is 22.7 Å². The Hall–Kier alpha value is -0.470. The van der Waals surface area contributed by atoms with Crippen molar-refractivity contribution in [3.8, 4) is 0 Å². The van der Waals surface area contributed by atoms with Crippen LogP contribution in [0.5, 0.6) is 0 Å². The molecule has 0 aliphatic carbocycles. The minimum absolute atomic E-state index is 0.130. The first kappa shape index (κ1) is 18.6. The van der Waals surface area contributed by atoms with Crippen LogP contribution >= 0.6 is 11.3 Å². The number of nitrogens with one attached hydrogen (secondary N) is 2. The molecule has 1 aromatic rings. The molecule has 122 valence electrons. The Morgan fingerprint density at radius 2 is 2.10 bits per heavy atom. The number of thiophene rings is 1. The molecule has 0 fully saturated rings. The van der Waals surface area contributed by atoms with Crippen molar-refractivity contribution in [3.05, 3.63) is 15.8 Å². The van der Waals surface area contributed by atoms with Gasteiger partial charge in [0, 0.05) is 29.5 Å². The summed E-state index contributed by atoms with van der Waals surface area (Å²) >= 11 is 1.52. The third-order valence-corrected chi connectivity index (χ3v) is 5.68. The zero-order valence-electron chi connectivity index (χ0n) is 13.2. The van der Waals surface area contributed by atoms with Crippen molar-refractivity contribution in [1.29, 1.82) is 0 Å². The maximum Gasteiger partial charge on any atom is 0.241 e. The molecule has 0 aliphatic rings. The van der Waals surface area contributed by atoms with Gasteiger partial charge in [0.2, 0.25) is 10.0 Å². The molecule has 1 atom stereocenters. The molecule has 0 saturated carbocycles. The van der Waals surface area contributed by atoms with Crippen molar-refractivity contribution in [2.45, 2.75) is 51.7 Å². The molecule has 5 nitrogen and oxygen atoms in total. The highest BCUT2D eigenvalue weighted by Gasteiger charge is 2.20. The predicted octanol–water partition coefficient (Wildman–Crippen LogP) is 2.26. The fourth-order valence-electron chi connectivity index (χ4n) is 1.91. The fourth-order valence-corrected chi connectivity index (χ4v) is 4.63. The summed E-state index contributed by atoms with van der Waals surface area (Å²) in [4.78, 5) is 2.24. The Labute approximate surface area is 132 Å². The van der Waals surface area contributed by atoms with Crippen LogP contribution in [0.3, 0.4) is 0 Å². The van der Waals surface area contributed by atoms with Gasteiger partial charge in [-0.3, -0.25) is 0 Å². The van der Waals surface area contributed by atoms with Gasteiger partial charge in [-0.2, -0.15) is 0 Å². The van der Waals surface area contributed by atoms with E-state index < -0.39 is 10.0 Å². The SMILES string of the molecule is CCCNCc1cc(S(=O)(=O)NCC(C)OCC)c(C)s1. The molecule has 1 aromatic heterocycles. The first-order valence-electron chi connectivity index (χ1n) is 7.32.